The van der Waals surface area contributed by atoms with Crippen LogP contribution in [0.5, 0.6) is 0 Å². The molecule has 74 valence electrons. The van der Waals surface area contributed by atoms with E-state index >= 15 is 0 Å². The molecule has 1 heterocycles. The van der Waals surface area contributed by atoms with Crippen LogP contribution in [0.1, 0.15) is 25.8 Å². The molecule has 4 heteroatoms. The van der Waals surface area contributed by atoms with Crippen molar-refractivity contribution in [3.05, 3.63) is 18.2 Å². The molecule has 13 heavy (non-hydrogen) atoms. The summed E-state index contributed by atoms with van der Waals surface area (Å²) in [5.41, 5.74) is 0. The smallest absolute Gasteiger partial charge is 0.140 e. The molecule has 1 aromatic rings. The van der Waals surface area contributed by atoms with Gasteiger partial charge in [0.2, 0.25) is 0 Å². The van der Waals surface area contributed by atoms with Gasteiger partial charge in [-0.15, -0.1) is 0 Å². The average molecular weight is 184 g/mol. The Balaban J connectivity index is 2.81. The minimum absolute atomic E-state index is 0.229. The molecule has 1 aromatic heterocycles. The van der Waals surface area contributed by atoms with Crippen molar-refractivity contribution in [3.63, 3.8) is 0 Å². The number of aliphatic hydroxyl groups is 1. The van der Waals surface area contributed by atoms with Crippen LogP contribution in [-0.2, 0) is 11.3 Å². The fraction of sp³-hybridized carbons (Fsp3) is 0.667. The third-order valence-electron chi connectivity index (χ3n) is 2.17. The van der Waals surface area contributed by atoms with Gasteiger partial charge in [0.15, 0.2) is 0 Å². The molecule has 0 saturated heterocycles. The van der Waals surface area contributed by atoms with Crippen LogP contribution in [0.4, 0.5) is 0 Å². The molecule has 0 radical (unpaired) electrons. The Hall–Kier alpha value is -0.870. The van der Waals surface area contributed by atoms with Gasteiger partial charge in [-0.1, -0.05) is 0 Å². The van der Waals surface area contributed by atoms with Crippen molar-refractivity contribution in [2.75, 3.05) is 7.11 Å². The van der Waals surface area contributed by atoms with Crippen LogP contribution in [0.3, 0.4) is 0 Å². The molecule has 0 aliphatic carbocycles. The van der Waals surface area contributed by atoms with Crippen LogP contribution in [0.15, 0.2) is 12.4 Å². The summed E-state index contributed by atoms with van der Waals surface area (Å²) in [6, 6.07) is 0. The van der Waals surface area contributed by atoms with E-state index in [0.29, 0.717) is 5.82 Å². The molecule has 0 spiro atoms. The fourth-order valence-electron chi connectivity index (χ4n) is 1.19. The topological polar surface area (TPSA) is 47.3 Å². The number of hydrogen-bond acceptors (Lipinski definition) is 3. The number of rotatable bonds is 4. The van der Waals surface area contributed by atoms with Crippen LogP contribution < -0.4 is 0 Å². The van der Waals surface area contributed by atoms with Crippen molar-refractivity contribution in [1.82, 2.24) is 9.55 Å². The molecule has 1 rings (SSSR count). The summed E-state index contributed by atoms with van der Waals surface area (Å²) < 4.78 is 6.93. The van der Waals surface area contributed by atoms with Crippen LogP contribution in [-0.4, -0.2) is 27.9 Å². The molecule has 0 aromatic carbocycles. The van der Waals surface area contributed by atoms with Gasteiger partial charge in [0.25, 0.3) is 0 Å². The van der Waals surface area contributed by atoms with Gasteiger partial charge in [-0.25, -0.2) is 4.98 Å². The van der Waals surface area contributed by atoms with Crippen molar-refractivity contribution in [2.45, 2.75) is 32.6 Å². The van der Waals surface area contributed by atoms with E-state index < -0.39 is 6.10 Å². The van der Waals surface area contributed by atoms with E-state index in [1.165, 1.54) is 0 Å². The summed E-state index contributed by atoms with van der Waals surface area (Å²) in [6.45, 7) is 4.64. The van der Waals surface area contributed by atoms with Crippen LogP contribution in [0, 0.1) is 0 Å². The lowest BCUT2D eigenvalue weighted by Gasteiger charge is -2.17. The maximum atomic E-state index is 9.78. The molecular weight excluding hydrogens is 168 g/mol. The van der Waals surface area contributed by atoms with Crippen molar-refractivity contribution >= 4 is 0 Å². The zero-order valence-electron chi connectivity index (χ0n) is 8.27. The Bertz CT molecular complexity index is 260. The number of aryl methyl sites for hydroxylation is 1. The van der Waals surface area contributed by atoms with Crippen molar-refractivity contribution in [3.8, 4) is 0 Å². The number of nitrogens with zero attached hydrogens (tertiary/aromatic N) is 2. The highest BCUT2D eigenvalue weighted by molar-refractivity contribution is 4.98. The third kappa shape index (κ3) is 2.08. The lowest BCUT2D eigenvalue weighted by molar-refractivity contribution is -0.00757. The fourth-order valence-corrected chi connectivity index (χ4v) is 1.19. The largest absolute Gasteiger partial charge is 0.382 e. The highest BCUT2D eigenvalue weighted by Crippen LogP contribution is 2.16. The van der Waals surface area contributed by atoms with E-state index in [2.05, 4.69) is 4.98 Å². The molecule has 2 atom stereocenters. The first-order chi connectivity index (χ1) is 6.20. The van der Waals surface area contributed by atoms with Gasteiger partial charge in [-0.2, -0.15) is 0 Å². The number of methoxy groups -OCH3 is 1. The predicted molar refractivity (Wildman–Crippen MR) is 49.3 cm³/mol. The maximum Gasteiger partial charge on any atom is 0.140 e. The predicted octanol–water partition coefficient (Wildman–Crippen LogP) is 0.971. The number of aliphatic hydroxyl groups excluding tert-OH is 1. The Morgan fingerprint density at radius 3 is 2.92 bits per heavy atom. The third-order valence-corrected chi connectivity index (χ3v) is 2.17. The molecule has 0 saturated carbocycles. The van der Waals surface area contributed by atoms with Crippen molar-refractivity contribution in [2.24, 2.45) is 0 Å². The van der Waals surface area contributed by atoms with E-state index in [4.69, 9.17) is 4.74 Å². The second-order valence-corrected chi connectivity index (χ2v) is 2.96. The summed E-state index contributed by atoms with van der Waals surface area (Å²) in [7, 11) is 1.58. The highest BCUT2D eigenvalue weighted by atomic mass is 16.5. The Kier molecular flexibility index (Phi) is 3.45. The van der Waals surface area contributed by atoms with Crippen LogP contribution in [0.2, 0.25) is 0 Å². The monoisotopic (exact) mass is 184 g/mol. The molecular formula is C9H16N2O2. The number of aromatic nitrogens is 2. The second kappa shape index (κ2) is 4.39. The number of ether oxygens (including phenoxy) is 1. The number of imidazole rings is 1. The minimum Gasteiger partial charge on any atom is -0.382 e. The summed E-state index contributed by atoms with van der Waals surface area (Å²) in [6.07, 6.45) is 2.65. The van der Waals surface area contributed by atoms with Crippen LogP contribution >= 0.6 is 0 Å². The Morgan fingerprint density at radius 2 is 2.38 bits per heavy atom. The van der Waals surface area contributed by atoms with E-state index in [-0.39, 0.29) is 6.10 Å². The normalized spacial score (nSPS) is 15.7. The summed E-state index contributed by atoms with van der Waals surface area (Å²) in [5, 5.41) is 9.78. The van der Waals surface area contributed by atoms with Crippen molar-refractivity contribution in [1.29, 1.82) is 0 Å². The van der Waals surface area contributed by atoms with E-state index in [1.807, 2.05) is 24.6 Å². The van der Waals surface area contributed by atoms with Gasteiger partial charge in [-0.05, 0) is 13.8 Å². The molecule has 0 amide bonds. The SMILES string of the molecule is CCn1ccnc1C(O)C(C)OC. The second-order valence-electron chi connectivity index (χ2n) is 2.96. The zero-order chi connectivity index (χ0) is 9.84. The zero-order valence-corrected chi connectivity index (χ0v) is 8.27. The Labute approximate surface area is 78.2 Å². The minimum atomic E-state index is -0.653. The highest BCUT2D eigenvalue weighted by Gasteiger charge is 2.19. The quantitative estimate of drug-likeness (QED) is 0.758. The molecule has 0 aliphatic rings. The molecule has 0 fully saturated rings. The summed E-state index contributed by atoms with van der Waals surface area (Å²) in [4.78, 5) is 4.09. The molecule has 1 N–H and O–H groups in total. The van der Waals surface area contributed by atoms with Crippen LogP contribution in [0.25, 0.3) is 0 Å². The Morgan fingerprint density at radius 1 is 1.69 bits per heavy atom. The van der Waals surface area contributed by atoms with Gasteiger partial charge in [0.1, 0.15) is 11.9 Å². The first kappa shape index (κ1) is 10.2. The summed E-state index contributed by atoms with van der Waals surface area (Å²) >= 11 is 0. The van der Waals surface area contributed by atoms with E-state index in [0.717, 1.165) is 6.54 Å². The number of hydrogen-bond donors (Lipinski definition) is 1. The molecule has 2 unspecified atom stereocenters. The molecule has 0 bridgehead atoms. The first-order valence-electron chi connectivity index (χ1n) is 4.42. The van der Waals surface area contributed by atoms with Gasteiger partial charge >= 0.3 is 0 Å². The molecule has 4 nitrogen and oxygen atoms in total. The van der Waals surface area contributed by atoms with Gasteiger partial charge in [0, 0.05) is 26.0 Å². The average Bonchev–Trinajstić information content (AvgIpc) is 2.62. The maximum absolute atomic E-state index is 9.78. The lowest BCUT2D eigenvalue weighted by Crippen LogP contribution is -2.20. The van der Waals surface area contributed by atoms with Gasteiger partial charge in [-0.3, -0.25) is 0 Å². The standard InChI is InChI=1S/C9H16N2O2/c1-4-11-6-5-10-9(11)8(12)7(2)13-3/h5-8,12H,4H2,1-3H3. The van der Waals surface area contributed by atoms with E-state index in [9.17, 15) is 5.11 Å². The van der Waals surface area contributed by atoms with Gasteiger partial charge < -0.3 is 14.4 Å². The lowest BCUT2D eigenvalue weighted by atomic mass is 10.2. The van der Waals surface area contributed by atoms with Gasteiger partial charge in [0.05, 0.1) is 6.10 Å². The summed E-state index contributed by atoms with van der Waals surface area (Å²) in [5.74, 6) is 0.664. The molecule has 0 aliphatic heterocycles. The van der Waals surface area contributed by atoms with E-state index in [1.54, 1.807) is 13.3 Å². The van der Waals surface area contributed by atoms with Crippen molar-refractivity contribution < 1.29 is 9.84 Å². The first-order valence-corrected chi connectivity index (χ1v) is 4.42.